The summed E-state index contributed by atoms with van der Waals surface area (Å²) in [5.41, 5.74) is 1.36. The van der Waals surface area contributed by atoms with E-state index in [0.29, 0.717) is 11.4 Å². The number of esters is 1. The maximum Gasteiger partial charge on any atom is 0.368 e. The maximum absolute atomic E-state index is 14.1. The van der Waals surface area contributed by atoms with Gasteiger partial charge < -0.3 is 4.74 Å². The Balaban J connectivity index is 2.02. The fourth-order valence-corrected chi connectivity index (χ4v) is 2.62. The van der Waals surface area contributed by atoms with E-state index in [1.54, 1.807) is 38.1 Å². The van der Waals surface area contributed by atoms with Crippen LogP contribution in [-0.4, -0.2) is 15.7 Å². The van der Waals surface area contributed by atoms with Gasteiger partial charge in [-0.3, -0.25) is 4.79 Å². The van der Waals surface area contributed by atoms with Gasteiger partial charge in [0.1, 0.15) is 17.3 Å². The van der Waals surface area contributed by atoms with Crippen LogP contribution in [0.15, 0.2) is 53.3 Å². The highest BCUT2D eigenvalue weighted by Gasteiger charge is 2.19. The molecule has 3 aromatic rings. The predicted molar refractivity (Wildman–Crippen MR) is 95.4 cm³/mol. The number of ether oxygens (including phenoxy) is 1. The molecule has 0 aliphatic heterocycles. The van der Waals surface area contributed by atoms with Crippen LogP contribution in [0, 0.1) is 26.6 Å². The van der Waals surface area contributed by atoms with Gasteiger partial charge in [0.15, 0.2) is 0 Å². The maximum atomic E-state index is 14.1. The van der Waals surface area contributed by atoms with Crippen LogP contribution in [0.1, 0.15) is 27.3 Å². The SMILES string of the molecule is Cc1ccc(OC(=O)c2nn(-c3ccccc3F)c(C)cc2=O)c(C)c1. The number of carbonyl (C=O) groups is 1. The second kappa shape index (κ2) is 6.92. The molecular formula is C20H17FN2O3. The fraction of sp³-hybridized carbons (Fsp3) is 0.150. The molecule has 26 heavy (non-hydrogen) atoms. The lowest BCUT2D eigenvalue weighted by molar-refractivity contribution is 0.0723. The molecular weight excluding hydrogens is 335 g/mol. The van der Waals surface area contributed by atoms with Crippen molar-refractivity contribution in [3.05, 3.63) is 87.1 Å². The molecule has 0 bridgehead atoms. The third kappa shape index (κ3) is 3.39. The first-order valence-corrected chi connectivity index (χ1v) is 8.02. The Morgan fingerprint density at radius 3 is 2.50 bits per heavy atom. The number of rotatable bonds is 3. The van der Waals surface area contributed by atoms with E-state index < -0.39 is 22.9 Å². The highest BCUT2D eigenvalue weighted by atomic mass is 19.1. The lowest BCUT2D eigenvalue weighted by Gasteiger charge is -2.12. The van der Waals surface area contributed by atoms with Gasteiger partial charge in [-0.15, -0.1) is 0 Å². The topological polar surface area (TPSA) is 61.2 Å². The highest BCUT2D eigenvalue weighted by Crippen LogP contribution is 2.20. The molecule has 0 atom stereocenters. The minimum absolute atomic E-state index is 0.144. The van der Waals surface area contributed by atoms with Gasteiger partial charge in [0.25, 0.3) is 0 Å². The minimum atomic E-state index is -0.882. The number of hydrogen-bond acceptors (Lipinski definition) is 4. The molecule has 6 heteroatoms. The quantitative estimate of drug-likeness (QED) is 0.534. The fourth-order valence-electron chi connectivity index (χ4n) is 2.62. The molecule has 1 heterocycles. The number of carbonyl (C=O) groups excluding carboxylic acids is 1. The van der Waals surface area contributed by atoms with Crippen molar-refractivity contribution in [2.45, 2.75) is 20.8 Å². The van der Waals surface area contributed by atoms with Crippen molar-refractivity contribution in [2.24, 2.45) is 0 Å². The summed E-state index contributed by atoms with van der Waals surface area (Å²) in [4.78, 5) is 24.7. The van der Waals surface area contributed by atoms with Crippen LogP contribution in [-0.2, 0) is 0 Å². The molecule has 0 fully saturated rings. The zero-order valence-corrected chi connectivity index (χ0v) is 14.6. The summed E-state index contributed by atoms with van der Waals surface area (Å²) >= 11 is 0. The van der Waals surface area contributed by atoms with Gasteiger partial charge in [0.05, 0.1) is 0 Å². The zero-order valence-electron chi connectivity index (χ0n) is 14.6. The van der Waals surface area contributed by atoms with Crippen LogP contribution < -0.4 is 10.2 Å². The molecule has 0 radical (unpaired) electrons. The van der Waals surface area contributed by atoms with Crippen molar-refractivity contribution >= 4 is 5.97 Å². The lowest BCUT2D eigenvalue weighted by atomic mass is 10.1. The van der Waals surface area contributed by atoms with Gasteiger partial charge in [-0.2, -0.15) is 5.10 Å². The van der Waals surface area contributed by atoms with Crippen LogP contribution in [0.25, 0.3) is 5.69 Å². The third-order valence-electron chi connectivity index (χ3n) is 3.91. The number of aryl methyl sites for hydroxylation is 3. The normalized spacial score (nSPS) is 10.6. The Morgan fingerprint density at radius 1 is 1.08 bits per heavy atom. The molecule has 0 unspecified atom stereocenters. The lowest BCUT2D eigenvalue weighted by Crippen LogP contribution is -2.26. The minimum Gasteiger partial charge on any atom is -0.421 e. The molecule has 0 spiro atoms. The highest BCUT2D eigenvalue weighted by molar-refractivity contribution is 5.89. The van der Waals surface area contributed by atoms with E-state index in [2.05, 4.69) is 5.10 Å². The monoisotopic (exact) mass is 352 g/mol. The Bertz CT molecular complexity index is 1060. The van der Waals surface area contributed by atoms with E-state index in [1.165, 1.54) is 22.9 Å². The van der Waals surface area contributed by atoms with E-state index in [1.807, 2.05) is 13.0 Å². The van der Waals surface area contributed by atoms with E-state index in [9.17, 15) is 14.0 Å². The van der Waals surface area contributed by atoms with Gasteiger partial charge in [0, 0.05) is 11.8 Å². The molecule has 5 nitrogen and oxygen atoms in total. The summed E-state index contributed by atoms with van der Waals surface area (Å²) in [6, 6.07) is 12.5. The largest absolute Gasteiger partial charge is 0.421 e. The molecule has 0 N–H and O–H groups in total. The molecule has 0 aliphatic carbocycles. The van der Waals surface area contributed by atoms with Gasteiger partial charge >= 0.3 is 5.97 Å². The number of nitrogens with zero attached hydrogens (tertiary/aromatic N) is 2. The van der Waals surface area contributed by atoms with Gasteiger partial charge in [-0.1, -0.05) is 29.8 Å². The smallest absolute Gasteiger partial charge is 0.368 e. The van der Waals surface area contributed by atoms with Crippen molar-refractivity contribution in [1.29, 1.82) is 0 Å². The van der Waals surface area contributed by atoms with Crippen LogP contribution in [0.4, 0.5) is 4.39 Å². The first kappa shape index (κ1) is 17.5. The molecule has 1 aromatic heterocycles. The average Bonchev–Trinajstić information content (AvgIpc) is 2.58. The third-order valence-corrected chi connectivity index (χ3v) is 3.91. The van der Waals surface area contributed by atoms with Gasteiger partial charge in [-0.25, -0.2) is 13.9 Å². The first-order chi connectivity index (χ1) is 12.4. The van der Waals surface area contributed by atoms with E-state index in [4.69, 9.17) is 4.74 Å². The summed E-state index contributed by atoms with van der Waals surface area (Å²) in [7, 11) is 0. The molecule has 3 rings (SSSR count). The number of hydrogen-bond donors (Lipinski definition) is 0. The van der Waals surface area contributed by atoms with Crippen LogP contribution in [0.5, 0.6) is 5.75 Å². The molecule has 0 aliphatic rings. The van der Waals surface area contributed by atoms with Crippen molar-refractivity contribution in [3.8, 4) is 11.4 Å². The van der Waals surface area contributed by atoms with E-state index in [0.717, 1.165) is 11.1 Å². The van der Waals surface area contributed by atoms with Crippen LogP contribution >= 0.6 is 0 Å². The van der Waals surface area contributed by atoms with Crippen LogP contribution in [0.2, 0.25) is 0 Å². The van der Waals surface area contributed by atoms with Gasteiger partial charge in [0.2, 0.25) is 11.1 Å². The van der Waals surface area contributed by atoms with Gasteiger partial charge in [-0.05, 0) is 44.5 Å². The zero-order chi connectivity index (χ0) is 18.8. The summed E-state index contributed by atoms with van der Waals surface area (Å²) in [6.07, 6.45) is 0. The van der Waals surface area contributed by atoms with Crippen molar-refractivity contribution in [2.75, 3.05) is 0 Å². The molecule has 2 aromatic carbocycles. The molecule has 132 valence electrons. The molecule has 0 saturated carbocycles. The first-order valence-electron chi connectivity index (χ1n) is 8.02. The standard InChI is InChI=1S/C20H17FN2O3/c1-12-8-9-18(13(2)10-12)26-20(25)19-17(24)11-14(3)23(22-19)16-7-5-4-6-15(16)21/h4-11H,1-3H3. The van der Waals surface area contributed by atoms with Crippen molar-refractivity contribution in [1.82, 2.24) is 9.78 Å². The van der Waals surface area contributed by atoms with Crippen molar-refractivity contribution in [3.63, 3.8) is 0 Å². The molecule has 0 saturated heterocycles. The predicted octanol–water partition coefficient (Wildman–Crippen LogP) is 3.52. The summed E-state index contributed by atoms with van der Waals surface area (Å²) < 4.78 is 20.6. The Hall–Kier alpha value is -3.28. The second-order valence-electron chi connectivity index (χ2n) is 6.02. The summed E-state index contributed by atoms with van der Waals surface area (Å²) in [5, 5.41) is 4.04. The van der Waals surface area contributed by atoms with E-state index >= 15 is 0 Å². The molecule has 0 amide bonds. The number of aromatic nitrogens is 2. The Morgan fingerprint density at radius 2 is 1.81 bits per heavy atom. The Kier molecular flexibility index (Phi) is 4.67. The second-order valence-corrected chi connectivity index (χ2v) is 6.02. The summed E-state index contributed by atoms with van der Waals surface area (Å²) in [5.74, 6) is -1.05. The number of para-hydroxylation sites is 1. The summed E-state index contributed by atoms with van der Waals surface area (Å²) in [6.45, 7) is 5.34. The van der Waals surface area contributed by atoms with E-state index in [-0.39, 0.29) is 5.69 Å². The number of benzene rings is 2. The number of halogens is 1. The van der Waals surface area contributed by atoms with Crippen molar-refractivity contribution < 1.29 is 13.9 Å². The Labute approximate surface area is 149 Å². The van der Waals surface area contributed by atoms with Crippen LogP contribution in [0.3, 0.4) is 0 Å². The average molecular weight is 352 g/mol.